The third-order valence-electron chi connectivity index (χ3n) is 7.81. The summed E-state index contributed by atoms with van der Waals surface area (Å²) in [5, 5.41) is 5.91. The van der Waals surface area contributed by atoms with Crippen LogP contribution in [0.1, 0.15) is 101 Å². The van der Waals surface area contributed by atoms with Crippen LogP contribution in [0.5, 0.6) is 0 Å². The van der Waals surface area contributed by atoms with Gasteiger partial charge in [-0.2, -0.15) is 0 Å². The van der Waals surface area contributed by atoms with Crippen LogP contribution in [0.4, 0.5) is 5.82 Å². The number of pyridine rings is 1. The number of rotatable bonds is 0. The van der Waals surface area contributed by atoms with E-state index in [2.05, 4.69) is 33.8 Å². The molecule has 3 amide bonds. The first kappa shape index (κ1) is 25.4. The topological polar surface area (TPSA) is 91.4 Å². The number of nitrogens with one attached hydrogen (secondary N) is 2. The van der Waals surface area contributed by atoms with Gasteiger partial charge >= 0.3 is 0 Å². The Balaban J connectivity index is 1.46. The zero-order chi connectivity index (χ0) is 24.5. The van der Waals surface area contributed by atoms with Gasteiger partial charge in [0.2, 0.25) is 17.7 Å². The summed E-state index contributed by atoms with van der Waals surface area (Å²) in [5.74, 6) is 0.653. The molecule has 1 aromatic heterocycles. The number of carbonyl (C=O) groups excluding carboxylic acids is 3. The van der Waals surface area contributed by atoms with Gasteiger partial charge in [0.1, 0.15) is 5.82 Å². The maximum atomic E-state index is 12.8. The van der Waals surface area contributed by atoms with E-state index in [9.17, 15) is 14.4 Å². The van der Waals surface area contributed by atoms with Crippen LogP contribution in [0.2, 0.25) is 0 Å². The van der Waals surface area contributed by atoms with E-state index in [0.717, 1.165) is 43.2 Å². The van der Waals surface area contributed by atoms with Gasteiger partial charge in [-0.3, -0.25) is 14.4 Å². The molecule has 1 fully saturated rings. The molecule has 4 aliphatic heterocycles. The summed E-state index contributed by atoms with van der Waals surface area (Å²) in [5.41, 5.74) is 1.88. The fraction of sp³-hybridized carbons (Fsp3) is 0.643. The molecule has 1 spiro atoms. The Kier molecular flexibility index (Phi) is 8.94. The van der Waals surface area contributed by atoms with E-state index < -0.39 is 0 Å². The number of piperidine rings is 1. The van der Waals surface area contributed by atoms with Crippen LogP contribution in [0.3, 0.4) is 0 Å². The predicted octanol–water partition coefficient (Wildman–Crippen LogP) is 4.72. The van der Waals surface area contributed by atoms with Gasteiger partial charge in [-0.05, 0) is 43.7 Å². The van der Waals surface area contributed by atoms with Crippen LogP contribution in [0.25, 0.3) is 6.08 Å². The quantitative estimate of drug-likeness (QED) is 0.562. The first-order valence-electron chi connectivity index (χ1n) is 13.6. The van der Waals surface area contributed by atoms with E-state index >= 15 is 0 Å². The van der Waals surface area contributed by atoms with Gasteiger partial charge in [0.25, 0.3) is 0 Å². The van der Waals surface area contributed by atoms with E-state index in [1.165, 1.54) is 38.5 Å². The molecule has 0 radical (unpaired) electrons. The monoisotopic (exact) mass is 480 g/mol. The van der Waals surface area contributed by atoms with Crippen molar-refractivity contribution in [2.24, 2.45) is 0 Å². The minimum Gasteiger partial charge on any atom is -0.356 e. The molecule has 2 N–H and O–H groups in total. The van der Waals surface area contributed by atoms with Crippen LogP contribution in [0.15, 0.2) is 18.3 Å². The standard InChI is InChI=1S/C28H40N4O3/c33-24-12-13-26(35)32-17-14-28(15-18-32)20-25(34)31-27-23(28)19-22(21-30-27)11-9-7-5-3-1-2-4-6-8-10-16-29-24/h9,11,19,21H,1-8,10,12-18,20H2,(H,29,33)(H,30,31,34). The molecular weight excluding hydrogens is 440 g/mol. The zero-order valence-electron chi connectivity index (χ0n) is 20.9. The summed E-state index contributed by atoms with van der Waals surface area (Å²) in [7, 11) is 0. The summed E-state index contributed by atoms with van der Waals surface area (Å²) in [6, 6.07) is 2.18. The van der Waals surface area contributed by atoms with E-state index in [1.807, 2.05) is 11.1 Å². The number of carbonyl (C=O) groups is 3. The van der Waals surface area contributed by atoms with Gasteiger partial charge in [-0.15, -0.1) is 0 Å². The molecular formula is C28H40N4O3. The average Bonchev–Trinajstić information content (AvgIpc) is 2.85. The lowest BCUT2D eigenvalue weighted by Gasteiger charge is -2.44. The Morgan fingerprint density at radius 1 is 0.857 bits per heavy atom. The number of anilines is 1. The molecule has 0 unspecified atom stereocenters. The van der Waals surface area contributed by atoms with Crippen molar-refractivity contribution in [2.45, 2.75) is 95.3 Å². The first-order chi connectivity index (χ1) is 17.1. The van der Waals surface area contributed by atoms with Crippen LogP contribution in [-0.4, -0.2) is 47.2 Å². The molecule has 4 bridgehead atoms. The highest BCUT2D eigenvalue weighted by Gasteiger charge is 2.43. The third-order valence-corrected chi connectivity index (χ3v) is 7.81. The maximum absolute atomic E-state index is 12.8. The summed E-state index contributed by atoms with van der Waals surface area (Å²) >= 11 is 0. The van der Waals surface area contributed by atoms with E-state index in [1.54, 1.807) is 0 Å². The van der Waals surface area contributed by atoms with Crippen molar-refractivity contribution >= 4 is 29.6 Å². The van der Waals surface area contributed by atoms with Crippen molar-refractivity contribution in [3.05, 3.63) is 29.5 Å². The minimum atomic E-state index is -0.281. The summed E-state index contributed by atoms with van der Waals surface area (Å²) in [4.78, 5) is 43.9. The molecule has 190 valence electrons. The van der Waals surface area contributed by atoms with Crippen molar-refractivity contribution < 1.29 is 14.4 Å². The lowest BCUT2D eigenvalue weighted by molar-refractivity contribution is -0.135. The van der Waals surface area contributed by atoms with Gasteiger partial charge < -0.3 is 15.5 Å². The fourth-order valence-corrected chi connectivity index (χ4v) is 5.65. The zero-order valence-corrected chi connectivity index (χ0v) is 20.9. The highest BCUT2D eigenvalue weighted by atomic mass is 16.2. The summed E-state index contributed by atoms with van der Waals surface area (Å²) in [6.45, 7) is 1.91. The second-order valence-electron chi connectivity index (χ2n) is 10.4. The Labute approximate surface area is 209 Å². The number of amides is 3. The van der Waals surface area contributed by atoms with Crippen LogP contribution in [-0.2, 0) is 19.8 Å². The van der Waals surface area contributed by atoms with Gasteiger partial charge in [0, 0.05) is 56.1 Å². The van der Waals surface area contributed by atoms with Crippen molar-refractivity contribution in [3.63, 3.8) is 0 Å². The Morgan fingerprint density at radius 2 is 1.57 bits per heavy atom. The number of allylic oxidation sites excluding steroid dienone is 1. The molecule has 1 saturated heterocycles. The van der Waals surface area contributed by atoms with Crippen molar-refractivity contribution in [1.82, 2.24) is 15.2 Å². The molecule has 7 nitrogen and oxygen atoms in total. The normalized spacial score (nSPS) is 22.7. The van der Waals surface area contributed by atoms with Crippen molar-refractivity contribution in [1.29, 1.82) is 0 Å². The number of nitrogens with zero attached hydrogens (tertiary/aromatic N) is 2. The molecule has 5 rings (SSSR count). The molecule has 0 atom stereocenters. The second-order valence-corrected chi connectivity index (χ2v) is 10.4. The first-order valence-corrected chi connectivity index (χ1v) is 13.6. The number of fused-ring (bicyclic) bond motifs is 17. The maximum Gasteiger partial charge on any atom is 0.226 e. The van der Waals surface area contributed by atoms with Crippen LogP contribution in [0, 0.1) is 0 Å². The molecule has 35 heavy (non-hydrogen) atoms. The molecule has 1 aromatic rings. The highest BCUT2D eigenvalue weighted by molar-refractivity contribution is 5.94. The molecule has 7 heteroatoms. The lowest BCUT2D eigenvalue weighted by Crippen LogP contribution is -2.48. The number of aromatic nitrogens is 1. The fourth-order valence-electron chi connectivity index (χ4n) is 5.65. The SMILES string of the molecule is O=C1CCC(=O)N2CCC3(CC2)CC(=O)Nc2ncc(cc23)C=CCCCCCCCCCCN1. The molecule has 0 aromatic carbocycles. The molecule has 0 aliphatic carbocycles. The van der Waals surface area contributed by atoms with Crippen LogP contribution >= 0.6 is 0 Å². The smallest absolute Gasteiger partial charge is 0.226 e. The van der Waals surface area contributed by atoms with Gasteiger partial charge in [0.15, 0.2) is 0 Å². The Bertz CT molecular complexity index is 934. The van der Waals surface area contributed by atoms with Gasteiger partial charge in [0.05, 0.1) is 0 Å². The third kappa shape index (κ3) is 6.92. The lowest BCUT2D eigenvalue weighted by atomic mass is 9.68. The second kappa shape index (κ2) is 12.3. The molecule has 4 aliphatic rings. The van der Waals surface area contributed by atoms with E-state index in [4.69, 9.17) is 0 Å². The molecule has 5 heterocycles. The van der Waals surface area contributed by atoms with Gasteiger partial charge in [-0.25, -0.2) is 4.98 Å². The van der Waals surface area contributed by atoms with Crippen molar-refractivity contribution in [3.8, 4) is 0 Å². The highest BCUT2D eigenvalue weighted by Crippen LogP contribution is 2.44. The molecule has 0 saturated carbocycles. The summed E-state index contributed by atoms with van der Waals surface area (Å²) < 4.78 is 0. The van der Waals surface area contributed by atoms with Gasteiger partial charge in [-0.1, -0.05) is 50.7 Å². The van der Waals surface area contributed by atoms with Crippen molar-refractivity contribution in [2.75, 3.05) is 25.0 Å². The Hall–Kier alpha value is -2.70. The largest absolute Gasteiger partial charge is 0.356 e. The number of hydrogen-bond donors (Lipinski definition) is 2. The predicted molar refractivity (Wildman–Crippen MR) is 138 cm³/mol. The number of hydrogen-bond acceptors (Lipinski definition) is 4. The van der Waals surface area contributed by atoms with Crippen LogP contribution < -0.4 is 10.6 Å². The van der Waals surface area contributed by atoms with E-state index in [0.29, 0.717) is 31.9 Å². The average molecular weight is 481 g/mol. The summed E-state index contributed by atoms with van der Waals surface area (Å²) in [6.07, 6.45) is 19.3. The minimum absolute atomic E-state index is 0.00195. The Morgan fingerprint density at radius 3 is 2.34 bits per heavy atom. The van der Waals surface area contributed by atoms with E-state index in [-0.39, 0.29) is 36.0 Å².